The molecule has 0 atom stereocenters. The number of H-pyrrole nitrogens is 1. The third-order valence-electron chi connectivity index (χ3n) is 1.93. The van der Waals surface area contributed by atoms with Gasteiger partial charge in [-0.1, -0.05) is 13.8 Å². The summed E-state index contributed by atoms with van der Waals surface area (Å²) in [5, 5.41) is 1.13. The van der Waals surface area contributed by atoms with Crippen molar-refractivity contribution in [3.05, 3.63) is 24.3 Å². The molecule has 0 spiro atoms. The van der Waals surface area contributed by atoms with Gasteiger partial charge in [-0.15, -0.1) is 0 Å². The highest BCUT2D eigenvalue weighted by molar-refractivity contribution is 5.78. The Morgan fingerprint density at radius 3 is 3.00 bits per heavy atom. The number of fused-ring (bicyclic) bond motifs is 1. The number of nitrogens with zero attached hydrogens (tertiary/aromatic N) is 2. The minimum Gasteiger partial charge on any atom is -0.346 e. The summed E-state index contributed by atoms with van der Waals surface area (Å²) in [6.45, 7) is 4.27. The van der Waals surface area contributed by atoms with E-state index in [1.807, 2.05) is 12.3 Å². The van der Waals surface area contributed by atoms with Gasteiger partial charge in [0.05, 0.1) is 5.69 Å². The minimum absolute atomic E-state index is 0. The normalized spacial score (nSPS) is 11.2. The zero-order valence-electron chi connectivity index (χ0n) is 7.20. The molecule has 0 amide bonds. The maximum Gasteiger partial charge on any atom is 0.140 e. The first-order valence-corrected chi connectivity index (χ1v) is 4.07. The van der Waals surface area contributed by atoms with E-state index in [-0.39, 0.29) is 1.43 Å². The molecule has 0 fully saturated rings. The molecular weight excluding hydrogens is 150 g/mol. The van der Waals surface area contributed by atoms with Crippen molar-refractivity contribution in [3.8, 4) is 0 Å². The van der Waals surface area contributed by atoms with Crippen molar-refractivity contribution in [2.75, 3.05) is 0 Å². The predicted molar refractivity (Wildman–Crippen MR) is 50.1 cm³/mol. The Hall–Kier alpha value is -1.38. The highest BCUT2D eigenvalue weighted by atomic mass is 14.9. The lowest BCUT2D eigenvalue weighted by molar-refractivity contribution is 0.828. The largest absolute Gasteiger partial charge is 0.346 e. The standard InChI is InChI=1S/C9H11N3.H2/c1-6(2)8-7-3-4-10-9(7)12-5-11-8;/h3-6H,1-2H3,(H,10,11,12);1H. The smallest absolute Gasteiger partial charge is 0.140 e. The molecule has 3 nitrogen and oxygen atoms in total. The molecule has 2 aromatic rings. The first-order valence-electron chi connectivity index (χ1n) is 4.07. The highest BCUT2D eigenvalue weighted by Gasteiger charge is 2.06. The minimum atomic E-state index is 0. The van der Waals surface area contributed by atoms with Crippen molar-refractivity contribution >= 4 is 11.0 Å². The van der Waals surface area contributed by atoms with E-state index in [0.29, 0.717) is 5.92 Å². The predicted octanol–water partition coefficient (Wildman–Crippen LogP) is 2.33. The van der Waals surface area contributed by atoms with Crippen molar-refractivity contribution in [1.29, 1.82) is 0 Å². The molecule has 0 saturated heterocycles. The van der Waals surface area contributed by atoms with Gasteiger partial charge in [0.15, 0.2) is 0 Å². The van der Waals surface area contributed by atoms with Gasteiger partial charge in [-0.05, 0) is 12.0 Å². The summed E-state index contributed by atoms with van der Waals surface area (Å²) in [4.78, 5) is 11.4. The van der Waals surface area contributed by atoms with Crippen LogP contribution in [0.4, 0.5) is 0 Å². The van der Waals surface area contributed by atoms with Crippen LogP contribution in [0.25, 0.3) is 11.0 Å². The first-order chi connectivity index (χ1) is 5.79. The molecule has 2 aromatic heterocycles. The number of aromatic amines is 1. The van der Waals surface area contributed by atoms with Gasteiger partial charge in [-0.2, -0.15) is 0 Å². The molecule has 0 unspecified atom stereocenters. The van der Waals surface area contributed by atoms with Crippen molar-refractivity contribution in [1.82, 2.24) is 15.0 Å². The molecule has 1 N–H and O–H groups in total. The average Bonchev–Trinajstić information content (AvgIpc) is 2.49. The Labute approximate surface area is 72.3 Å². The van der Waals surface area contributed by atoms with Crippen molar-refractivity contribution in [3.63, 3.8) is 0 Å². The zero-order chi connectivity index (χ0) is 8.55. The molecule has 2 rings (SSSR count). The molecule has 0 bridgehead atoms. The summed E-state index contributed by atoms with van der Waals surface area (Å²) in [6.07, 6.45) is 3.50. The van der Waals surface area contributed by atoms with Gasteiger partial charge >= 0.3 is 0 Å². The number of nitrogens with one attached hydrogen (secondary N) is 1. The van der Waals surface area contributed by atoms with E-state index in [1.165, 1.54) is 0 Å². The Kier molecular flexibility index (Phi) is 1.57. The monoisotopic (exact) mass is 163 g/mol. The lowest BCUT2D eigenvalue weighted by Crippen LogP contribution is -1.93. The van der Waals surface area contributed by atoms with E-state index in [9.17, 15) is 0 Å². The number of aromatic nitrogens is 3. The molecule has 0 saturated carbocycles. The van der Waals surface area contributed by atoms with Gasteiger partial charge in [-0.25, -0.2) is 9.97 Å². The molecule has 3 heteroatoms. The fraction of sp³-hybridized carbons (Fsp3) is 0.333. The lowest BCUT2D eigenvalue weighted by Gasteiger charge is -2.03. The van der Waals surface area contributed by atoms with E-state index in [0.717, 1.165) is 16.7 Å². The molecule has 0 aromatic carbocycles. The Morgan fingerprint density at radius 2 is 2.25 bits per heavy atom. The average molecular weight is 163 g/mol. The zero-order valence-corrected chi connectivity index (χ0v) is 7.20. The summed E-state index contributed by atoms with van der Waals surface area (Å²) in [5.41, 5.74) is 2.04. The van der Waals surface area contributed by atoms with Gasteiger partial charge < -0.3 is 4.98 Å². The molecule has 0 radical (unpaired) electrons. The second-order valence-corrected chi connectivity index (χ2v) is 3.15. The highest BCUT2D eigenvalue weighted by Crippen LogP contribution is 2.19. The van der Waals surface area contributed by atoms with Crippen LogP contribution in [0.3, 0.4) is 0 Å². The van der Waals surface area contributed by atoms with Crippen LogP contribution in [0, 0.1) is 0 Å². The van der Waals surface area contributed by atoms with Gasteiger partial charge in [0.25, 0.3) is 0 Å². The molecule has 64 valence electrons. The van der Waals surface area contributed by atoms with Gasteiger partial charge in [0.1, 0.15) is 12.0 Å². The molecule has 2 heterocycles. The Morgan fingerprint density at radius 1 is 1.42 bits per heavy atom. The fourth-order valence-electron chi connectivity index (χ4n) is 1.35. The number of hydrogen-bond acceptors (Lipinski definition) is 2. The van der Waals surface area contributed by atoms with Crippen molar-refractivity contribution < 1.29 is 1.43 Å². The first kappa shape index (κ1) is 7.28. The van der Waals surface area contributed by atoms with Gasteiger partial charge in [-0.3, -0.25) is 0 Å². The third-order valence-corrected chi connectivity index (χ3v) is 1.93. The molecular formula is C9H13N3. The van der Waals surface area contributed by atoms with Crippen molar-refractivity contribution in [2.45, 2.75) is 19.8 Å². The quantitative estimate of drug-likeness (QED) is 0.701. The maximum absolute atomic E-state index is 4.25. The van der Waals surface area contributed by atoms with E-state index in [4.69, 9.17) is 0 Å². The molecule has 0 aliphatic heterocycles. The molecule has 12 heavy (non-hydrogen) atoms. The topological polar surface area (TPSA) is 41.6 Å². The van der Waals surface area contributed by atoms with Crippen LogP contribution < -0.4 is 0 Å². The van der Waals surface area contributed by atoms with E-state index >= 15 is 0 Å². The van der Waals surface area contributed by atoms with Crippen LogP contribution in [0.5, 0.6) is 0 Å². The number of rotatable bonds is 1. The summed E-state index contributed by atoms with van der Waals surface area (Å²) >= 11 is 0. The number of hydrogen-bond donors (Lipinski definition) is 1. The van der Waals surface area contributed by atoms with Crippen molar-refractivity contribution in [2.24, 2.45) is 0 Å². The summed E-state index contributed by atoms with van der Waals surface area (Å²) in [7, 11) is 0. The summed E-state index contributed by atoms with van der Waals surface area (Å²) in [6, 6.07) is 2.02. The summed E-state index contributed by atoms with van der Waals surface area (Å²) in [5.74, 6) is 0.450. The van der Waals surface area contributed by atoms with Crippen LogP contribution >= 0.6 is 0 Å². The van der Waals surface area contributed by atoms with Crippen LogP contribution in [-0.4, -0.2) is 15.0 Å². The Balaban J connectivity index is 0.000000845. The second-order valence-electron chi connectivity index (χ2n) is 3.15. The van der Waals surface area contributed by atoms with Gasteiger partial charge in [0, 0.05) is 13.0 Å². The van der Waals surface area contributed by atoms with Crippen LogP contribution in [-0.2, 0) is 0 Å². The van der Waals surface area contributed by atoms with Crippen LogP contribution in [0.15, 0.2) is 18.6 Å². The van der Waals surface area contributed by atoms with E-state index in [2.05, 4.69) is 28.8 Å². The van der Waals surface area contributed by atoms with Gasteiger partial charge in [0.2, 0.25) is 0 Å². The fourth-order valence-corrected chi connectivity index (χ4v) is 1.35. The summed E-state index contributed by atoms with van der Waals surface area (Å²) < 4.78 is 0. The van der Waals surface area contributed by atoms with Crippen LogP contribution in [0.1, 0.15) is 26.9 Å². The molecule has 0 aliphatic rings. The third kappa shape index (κ3) is 0.978. The second kappa shape index (κ2) is 2.59. The van der Waals surface area contributed by atoms with E-state index in [1.54, 1.807) is 6.33 Å². The lowest BCUT2D eigenvalue weighted by atomic mass is 10.1. The Bertz CT molecular complexity index is 394. The van der Waals surface area contributed by atoms with E-state index < -0.39 is 0 Å². The van der Waals surface area contributed by atoms with Crippen LogP contribution in [0.2, 0.25) is 0 Å². The maximum atomic E-state index is 4.25. The molecule has 0 aliphatic carbocycles. The SMILES string of the molecule is CC(C)c1ncnc2[nH]ccc12.[HH].